The van der Waals surface area contributed by atoms with E-state index in [1.54, 1.807) is 42.5 Å². The second-order valence-corrected chi connectivity index (χ2v) is 11.3. The number of amidine groups is 1. The van der Waals surface area contributed by atoms with Crippen LogP contribution in [0.2, 0.25) is 0 Å². The van der Waals surface area contributed by atoms with Crippen LogP contribution in [0.25, 0.3) is 21.7 Å². The summed E-state index contributed by atoms with van der Waals surface area (Å²) in [5, 5.41) is 23.8. The normalized spacial score (nSPS) is 12.1. The minimum Gasteiger partial charge on any atom is -0.480 e. The van der Waals surface area contributed by atoms with Crippen LogP contribution in [0.3, 0.4) is 0 Å². The fraction of sp³-hybridized carbons (Fsp3) is 0.214. The third kappa shape index (κ3) is 6.67. The molecule has 7 N–H and O–H groups in total. The van der Waals surface area contributed by atoms with Crippen molar-refractivity contribution in [3.63, 3.8) is 0 Å². The molecule has 220 valence electrons. The maximum Gasteiger partial charge on any atom is 0.323 e. The van der Waals surface area contributed by atoms with E-state index in [0.717, 1.165) is 5.69 Å². The number of carbonyl (C=O) groups excluding carboxylic acids is 2. The number of fused-ring (bicyclic) bond motifs is 2. The molecule has 0 saturated carbocycles. The van der Waals surface area contributed by atoms with E-state index >= 15 is 0 Å². The van der Waals surface area contributed by atoms with E-state index in [1.165, 1.54) is 12.1 Å². The molecule has 0 radical (unpaired) electrons. The largest absolute Gasteiger partial charge is 0.480 e. The maximum atomic E-state index is 13.2. The van der Waals surface area contributed by atoms with Gasteiger partial charge in [-0.15, -0.1) is 0 Å². The third-order valence-electron chi connectivity index (χ3n) is 6.42. The van der Waals surface area contributed by atoms with E-state index in [0.29, 0.717) is 27.3 Å². The molecule has 0 aliphatic heterocycles. The van der Waals surface area contributed by atoms with Gasteiger partial charge in [0.15, 0.2) is 5.76 Å². The van der Waals surface area contributed by atoms with Crippen LogP contribution in [0.1, 0.15) is 22.5 Å². The summed E-state index contributed by atoms with van der Waals surface area (Å²) < 4.78 is 34.1. The van der Waals surface area contributed by atoms with Gasteiger partial charge in [0, 0.05) is 61.0 Å². The number of amides is 2. The Kier molecular flexibility index (Phi) is 8.78. The molecular formula is C28H30N6O7S. The number of hydrogen-bond donors (Lipinski definition) is 6. The van der Waals surface area contributed by atoms with Crippen LogP contribution < -0.4 is 26.0 Å². The minimum atomic E-state index is -4.29. The third-order valence-corrected chi connectivity index (χ3v) is 7.95. The van der Waals surface area contributed by atoms with Crippen molar-refractivity contribution >= 4 is 61.1 Å². The molecule has 14 heteroatoms. The van der Waals surface area contributed by atoms with E-state index in [2.05, 4.69) is 15.4 Å². The summed E-state index contributed by atoms with van der Waals surface area (Å²) in [7, 11) is -0.632. The monoisotopic (exact) mass is 594 g/mol. The lowest BCUT2D eigenvalue weighted by Crippen LogP contribution is -2.48. The SMILES string of the molecule is CN(C)c1cccc2c(S(=O)(=O)N[C@@H](CNC(=O)CCNC(=O)c3cc4cc(C(=N)N)ccc4o3)C(=O)O)cccc12. The zero-order chi connectivity index (χ0) is 30.6. The first kappa shape index (κ1) is 30.0. The van der Waals surface area contributed by atoms with Crippen molar-refractivity contribution in [2.45, 2.75) is 17.4 Å². The van der Waals surface area contributed by atoms with Gasteiger partial charge in [0.2, 0.25) is 15.9 Å². The maximum absolute atomic E-state index is 13.2. The molecule has 1 atom stereocenters. The average Bonchev–Trinajstić information content (AvgIpc) is 3.38. The molecule has 13 nitrogen and oxygen atoms in total. The molecule has 0 spiro atoms. The smallest absolute Gasteiger partial charge is 0.323 e. The molecule has 0 unspecified atom stereocenters. The Balaban J connectivity index is 1.34. The van der Waals surface area contributed by atoms with Crippen molar-refractivity contribution in [1.82, 2.24) is 15.4 Å². The van der Waals surface area contributed by atoms with Crippen molar-refractivity contribution in [2.75, 3.05) is 32.1 Å². The number of nitrogen functional groups attached to an aromatic ring is 1. The fourth-order valence-electron chi connectivity index (χ4n) is 4.32. The summed E-state index contributed by atoms with van der Waals surface area (Å²) >= 11 is 0. The lowest BCUT2D eigenvalue weighted by Gasteiger charge is -2.19. The molecular weight excluding hydrogens is 564 g/mol. The topological polar surface area (TPSA) is 208 Å². The molecule has 1 heterocycles. The van der Waals surface area contributed by atoms with Crippen LogP contribution in [0.4, 0.5) is 5.69 Å². The first-order chi connectivity index (χ1) is 19.9. The number of sulfonamides is 1. The zero-order valence-electron chi connectivity index (χ0n) is 22.8. The van der Waals surface area contributed by atoms with Gasteiger partial charge in [0.05, 0.1) is 4.90 Å². The van der Waals surface area contributed by atoms with E-state index in [9.17, 15) is 27.9 Å². The van der Waals surface area contributed by atoms with Gasteiger partial charge in [-0.05, 0) is 36.4 Å². The van der Waals surface area contributed by atoms with Crippen molar-refractivity contribution in [2.24, 2.45) is 5.73 Å². The highest BCUT2D eigenvalue weighted by atomic mass is 32.2. The van der Waals surface area contributed by atoms with Gasteiger partial charge < -0.3 is 30.8 Å². The molecule has 0 aliphatic rings. The number of furan rings is 1. The number of rotatable bonds is 12. The van der Waals surface area contributed by atoms with Crippen molar-refractivity contribution in [3.05, 3.63) is 72.0 Å². The van der Waals surface area contributed by atoms with Crippen LogP contribution in [-0.4, -0.2) is 70.4 Å². The first-order valence-electron chi connectivity index (χ1n) is 12.7. The standard InChI is InChI=1S/C28H30N6O7S/c1-34(2)21-7-3-6-19-18(21)5-4-8-24(19)42(39,40)33-20(28(37)38)15-32-25(35)11-12-31-27(36)23-14-17-13-16(26(29)30)9-10-22(17)41-23/h3-10,13-14,20,33H,11-12,15H2,1-2H3,(H3,29,30)(H,31,36)(H,32,35)(H,37,38)/t20-/m0/s1. The predicted molar refractivity (Wildman–Crippen MR) is 157 cm³/mol. The summed E-state index contributed by atoms with van der Waals surface area (Å²) in [5.41, 5.74) is 7.18. The van der Waals surface area contributed by atoms with Gasteiger partial charge in [0.1, 0.15) is 17.5 Å². The second-order valence-electron chi connectivity index (χ2n) is 9.62. The molecule has 0 fully saturated rings. The highest BCUT2D eigenvalue weighted by Crippen LogP contribution is 2.30. The highest BCUT2D eigenvalue weighted by Gasteiger charge is 2.27. The molecule has 0 bridgehead atoms. The van der Waals surface area contributed by atoms with Crippen LogP contribution in [0, 0.1) is 5.41 Å². The van der Waals surface area contributed by atoms with E-state index in [-0.39, 0.29) is 29.5 Å². The molecule has 0 aliphatic carbocycles. The number of aliphatic carboxylic acids is 1. The van der Waals surface area contributed by atoms with Crippen molar-refractivity contribution < 1.29 is 32.3 Å². The number of carboxylic acid groups (broad SMARTS) is 1. The highest BCUT2D eigenvalue weighted by molar-refractivity contribution is 7.89. The molecule has 0 saturated heterocycles. The second kappa shape index (κ2) is 12.3. The summed E-state index contributed by atoms with van der Waals surface area (Å²) in [4.78, 5) is 38.4. The quantitative estimate of drug-likeness (QED) is 0.104. The molecule has 42 heavy (non-hydrogen) atoms. The minimum absolute atomic E-state index is 0.00223. The Morgan fingerprint density at radius 3 is 2.43 bits per heavy atom. The number of anilines is 1. The van der Waals surface area contributed by atoms with Crippen molar-refractivity contribution in [1.29, 1.82) is 5.41 Å². The summed E-state index contributed by atoms with van der Waals surface area (Å²) in [6.45, 7) is -0.606. The van der Waals surface area contributed by atoms with Crippen LogP contribution in [0.5, 0.6) is 0 Å². The summed E-state index contributed by atoms with van der Waals surface area (Å²) in [6.07, 6.45) is -0.198. The zero-order valence-corrected chi connectivity index (χ0v) is 23.6. The van der Waals surface area contributed by atoms with E-state index in [1.807, 2.05) is 25.1 Å². The number of hydrogen-bond acceptors (Lipinski definition) is 8. The van der Waals surface area contributed by atoms with Gasteiger partial charge in [-0.3, -0.25) is 19.8 Å². The Bertz CT molecular complexity index is 1800. The number of nitrogens with one attached hydrogen (secondary N) is 4. The fourth-order valence-corrected chi connectivity index (χ4v) is 5.73. The number of nitrogens with two attached hydrogens (primary N) is 1. The Morgan fingerprint density at radius 2 is 1.74 bits per heavy atom. The molecule has 3 aromatic carbocycles. The molecule has 4 rings (SSSR count). The first-order valence-corrected chi connectivity index (χ1v) is 14.2. The van der Waals surface area contributed by atoms with Gasteiger partial charge in [-0.25, -0.2) is 8.42 Å². The Hall–Kier alpha value is -4.95. The summed E-state index contributed by atoms with van der Waals surface area (Å²) in [5.74, 6) is -2.78. The lowest BCUT2D eigenvalue weighted by atomic mass is 10.1. The van der Waals surface area contributed by atoms with Gasteiger partial charge in [0.25, 0.3) is 5.91 Å². The number of carbonyl (C=O) groups is 3. The van der Waals surface area contributed by atoms with Gasteiger partial charge >= 0.3 is 5.97 Å². The van der Waals surface area contributed by atoms with Crippen LogP contribution >= 0.6 is 0 Å². The van der Waals surface area contributed by atoms with Crippen LogP contribution in [-0.2, 0) is 19.6 Å². The number of carboxylic acids is 1. The van der Waals surface area contributed by atoms with Gasteiger partial charge in [-0.1, -0.05) is 24.3 Å². The number of benzene rings is 3. The van der Waals surface area contributed by atoms with E-state index in [4.69, 9.17) is 15.6 Å². The summed E-state index contributed by atoms with van der Waals surface area (Å²) in [6, 6.07) is 14.5. The molecule has 2 amide bonds. The number of nitrogens with zero attached hydrogens (tertiary/aromatic N) is 1. The Morgan fingerprint density at radius 1 is 1.02 bits per heavy atom. The van der Waals surface area contributed by atoms with Crippen molar-refractivity contribution in [3.8, 4) is 0 Å². The lowest BCUT2D eigenvalue weighted by molar-refractivity contribution is -0.138. The van der Waals surface area contributed by atoms with Crippen LogP contribution in [0.15, 0.2) is 70.0 Å². The molecule has 1 aromatic heterocycles. The van der Waals surface area contributed by atoms with E-state index < -0.39 is 40.4 Å². The molecule has 4 aromatic rings. The predicted octanol–water partition coefficient (Wildman–Crippen LogP) is 1.60. The van der Waals surface area contributed by atoms with Gasteiger partial charge in [-0.2, -0.15) is 4.72 Å². The Labute approximate surface area is 241 Å². The average molecular weight is 595 g/mol.